The summed E-state index contributed by atoms with van der Waals surface area (Å²) in [6.45, 7) is 1.98. The lowest BCUT2D eigenvalue weighted by atomic mass is 10.1. The van der Waals surface area contributed by atoms with Crippen molar-refractivity contribution in [3.05, 3.63) is 52.1 Å². The minimum absolute atomic E-state index is 0.0970. The fourth-order valence-corrected chi connectivity index (χ4v) is 3.12. The van der Waals surface area contributed by atoms with Crippen LogP contribution in [0.15, 0.2) is 46.5 Å². The van der Waals surface area contributed by atoms with Crippen molar-refractivity contribution in [2.45, 2.75) is 29.3 Å². The van der Waals surface area contributed by atoms with Crippen LogP contribution in [0, 0.1) is 0 Å². The lowest BCUT2D eigenvalue weighted by Crippen LogP contribution is -2.18. The molecule has 0 radical (unpaired) electrons. The van der Waals surface area contributed by atoms with Crippen molar-refractivity contribution in [2.75, 3.05) is 0 Å². The molecular formula is C14H14Cl2N2S. The first-order chi connectivity index (χ1) is 9.06. The molecule has 1 aromatic heterocycles. The molecule has 1 heterocycles. The van der Waals surface area contributed by atoms with E-state index in [2.05, 4.69) is 4.98 Å². The first kappa shape index (κ1) is 14.7. The van der Waals surface area contributed by atoms with Crippen LogP contribution in [-0.2, 0) is 6.42 Å². The summed E-state index contributed by atoms with van der Waals surface area (Å²) in [5, 5.41) is 2.11. The quantitative estimate of drug-likeness (QED) is 0.907. The van der Waals surface area contributed by atoms with Gasteiger partial charge in [-0.15, -0.1) is 0 Å². The zero-order chi connectivity index (χ0) is 13.8. The van der Waals surface area contributed by atoms with Crippen molar-refractivity contribution in [3.63, 3.8) is 0 Å². The van der Waals surface area contributed by atoms with Gasteiger partial charge in [-0.25, -0.2) is 4.98 Å². The Balaban J connectivity index is 2.33. The summed E-state index contributed by atoms with van der Waals surface area (Å²) in [5.41, 5.74) is 7.03. The first-order valence-corrected chi connectivity index (χ1v) is 7.46. The molecule has 1 aromatic carbocycles. The van der Waals surface area contributed by atoms with Crippen LogP contribution in [0.1, 0.15) is 12.5 Å². The van der Waals surface area contributed by atoms with E-state index in [1.54, 1.807) is 6.20 Å². The number of benzene rings is 1. The number of nitrogens with zero attached hydrogens (tertiary/aromatic N) is 1. The van der Waals surface area contributed by atoms with E-state index in [-0.39, 0.29) is 6.04 Å². The van der Waals surface area contributed by atoms with E-state index < -0.39 is 0 Å². The van der Waals surface area contributed by atoms with E-state index in [0.29, 0.717) is 10.0 Å². The number of hydrogen-bond donors (Lipinski definition) is 1. The number of aromatic nitrogens is 1. The molecule has 1 unspecified atom stereocenters. The highest BCUT2D eigenvalue weighted by Gasteiger charge is 2.10. The molecule has 0 bridgehead atoms. The van der Waals surface area contributed by atoms with Crippen molar-refractivity contribution in [3.8, 4) is 0 Å². The van der Waals surface area contributed by atoms with E-state index >= 15 is 0 Å². The molecule has 2 N–H and O–H groups in total. The summed E-state index contributed by atoms with van der Waals surface area (Å²) in [6, 6.07) is 9.54. The molecule has 0 saturated carbocycles. The Bertz CT molecular complexity index is 573. The number of pyridine rings is 1. The average molecular weight is 313 g/mol. The van der Waals surface area contributed by atoms with Gasteiger partial charge in [0.25, 0.3) is 0 Å². The number of hydrogen-bond acceptors (Lipinski definition) is 3. The third kappa shape index (κ3) is 4.11. The predicted molar refractivity (Wildman–Crippen MR) is 82.2 cm³/mol. The standard InChI is InChI=1S/C14H14Cl2N2S/c1-9(17)7-10-4-5-11(15)8-13(10)19-14-12(16)3-2-6-18-14/h2-6,8-9H,7,17H2,1H3. The molecule has 0 aliphatic rings. The van der Waals surface area contributed by atoms with E-state index in [9.17, 15) is 0 Å². The fraction of sp³-hybridized carbons (Fsp3) is 0.214. The van der Waals surface area contributed by atoms with Crippen LogP contribution in [0.2, 0.25) is 10.0 Å². The minimum Gasteiger partial charge on any atom is -0.328 e. The zero-order valence-corrected chi connectivity index (χ0v) is 12.8. The Kier molecular flexibility index (Phi) is 5.11. The third-order valence-electron chi connectivity index (χ3n) is 2.50. The van der Waals surface area contributed by atoms with Gasteiger partial charge in [-0.05, 0) is 43.2 Å². The Hall–Kier alpha value is -0.740. The third-order valence-corrected chi connectivity index (χ3v) is 4.27. The average Bonchev–Trinajstić information content (AvgIpc) is 2.35. The number of nitrogens with two attached hydrogens (primary N) is 1. The Morgan fingerprint density at radius 2 is 2.11 bits per heavy atom. The molecule has 0 aliphatic carbocycles. The molecule has 2 aromatic rings. The maximum absolute atomic E-state index is 6.13. The van der Waals surface area contributed by atoms with Crippen LogP contribution in [0.3, 0.4) is 0 Å². The first-order valence-electron chi connectivity index (χ1n) is 5.88. The normalized spacial score (nSPS) is 12.4. The number of halogens is 2. The van der Waals surface area contributed by atoms with Crippen LogP contribution in [0.5, 0.6) is 0 Å². The lowest BCUT2D eigenvalue weighted by Gasteiger charge is -2.12. The highest BCUT2D eigenvalue weighted by atomic mass is 35.5. The smallest absolute Gasteiger partial charge is 0.119 e. The molecule has 0 fully saturated rings. The molecule has 0 aliphatic heterocycles. The molecule has 0 amide bonds. The summed E-state index contributed by atoms with van der Waals surface area (Å²) in [4.78, 5) is 5.33. The van der Waals surface area contributed by atoms with Gasteiger partial charge in [0.2, 0.25) is 0 Å². The van der Waals surface area contributed by atoms with Crippen LogP contribution < -0.4 is 5.73 Å². The summed E-state index contributed by atoms with van der Waals surface area (Å²) < 4.78 is 0. The lowest BCUT2D eigenvalue weighted by molar-refractivity contribution is 0.729. The van der Waals surface area contributed by atoms with Crippen molar-refractivity contribution in [1.82, 2.24) is 4.98 Å². The number of rotatable bonds is 4. The van der Waals surface area contributed by atoms with Gasteiger partial charge in [-0.2, -0.15) is 0 Å². The largest absolute Gasteiger partial charge is 0.328 e. The van der Waals surface area contributed by atoms with E-state index in [4.69, 9.17) is 28.9 Å². The molecule has 2 nitrogen and oxygen atoms in total. The summed E-state index contributed by atoms with van der Waals surface area (Å²) in [5.74, 6) is 0. The molecule has 2 rings (SSSR count). The zero-order valence-electron chi connectivity index (χ0n) is 10.4. The summed E-state index contributed by atoms with van der Waals surface area (Å²) in [7, 11) is 0. The SMILES string of the molecule is CC(N)Cc1ccc(Cl)cc1Sc1ncccc1Cl. The summed E-state index contributed by atoms with van der Waals surface area (Å²) >= 11 is 13.7. The monoisotopic (exact) mass is 312 g/mol. The Labute approximate surface area is 127 Å². The second-order valence-electron chi connectivity index (χ2n) is 4.33. The van der Waals surface area contributed by atoms with Gasteiger partial charge in [-0.3, -0.25) is 0 Å². The van der Waals surface area contributed by atoms with Gasteiger partial charge in [0, 0.05) is 22.2 Å². The molecular weight excluding hydrogens is 299 g/mol. The maximum atomic E-state index is 6.13. The van der Waals surface area contributed by atoms with E-state index in [0.717, 1.165) is 21.9 Å². The Morgan fingerprint density at radius 1 is 1.32 bits per heavy atom. The van der Waals surface area contributed by atoms with Crippen molar-refractivity contribution in [1.29, 1.82) is 0 Å². The van der Waals surface area contributed by atoms with Gasteiger partial charge in [0.05, 0.1) is 5.02 Å². The molecule has 0 saturated heterocycles. The fourth-order valence-electron chi connectivity index (χ4n) is 1.69. The molecule has 5 heteroatoms. The minimum atomic E-state index is 0.0970. The van der Waals surface area contributed by atoms with Crippen LogP contribution in [0.25, 0.3) is 0 Å². The van der Waals surface area contributed by atoms with Crippen molar-refractivity contribution in [2.24, 2.45) is 5.73 Å². The van der Waals surface area contributed by atoms with Gasteiger partial charge in [-0.1, -0.05) is 41.0 Å². The van der Waals surface area contributed by atoms with Crippen LogP contribution >= 0.6 is 35.0 Å². The second-order valence-corrected chi connectivity index (χ2v) is 6.20. The van der Waals surface area contributed by atoms with Gasteiger partial charge in [0.1, 0.15) is 5.03 Å². The van der Waals surface area contributed by atoms with E-state index in [1.807, 2.05) is 37.3 Å². The molecule has 19 heavy (non-hydrogen) atoms. The second kappa shape index (κ2) is 6.62. The maximum Gasteiger partial charge on any atom is 0.119 e. The van der Waals surface area contributed by atoms with E-state index in [1.165, 1.54) is 11.8 Å². The topological polar surface area (TPSA) is 38.9 Å². The highest BCUT2D eigenvalue weighted by molar-refractivity contribution is 7.99. The van der Waals surface area contributed by atoms with Crippen LogP contribution in [0.4, 0.5) is 0 Å². The Morgan fingerprint density at radius 3 is 2.79 bits per heavy atom. The predicted octanol–water partition coefficient (Wildman–Crippen LogP) is 4.43. The molecule has 100 valence electrons. The van der Waals surface area contributed by atoms with Gasteiger partial charge in [0.15, 0.2) is 0 Å². The van der Waals surface area contributed by atoms with Gasteiger partial charge >= 0.3 is 0 Å². The van der Waals surface area contributed by atoms with Gasteiger partial charge < -0.3 is 5.73 Å². The highest BCUT2D eigenvalue weighted by Crippen LogP contribution is 2.35. The molecule has 1 atom stereocenters. The van der Waals surface area contributed by atoms with Crippen molar-refractivity contribution >= 4 is 35.0 Å². The summed E-state index contributed by atoms with van der Waals surface area (Å²) in [6.07, 6.45) is 2.52. The van der Waals surface area contributed by atoms with Crippen molar-refractivity contribution < 1.29 is 0 Å². The molecule has 0 spiro atoms. The van der Waals surface area contributed by atoms with Crippen LogP contribution in [-0.4, -0.2) is 11.0 Å².